The molecule has 6 nitrogen and oxygen atoms in total. The molecule has 138 valence electrons. The van der Waals surface area contributed by atoms with Crippen molar-refractivity contribution in [3.63, 3.8) is 0 Å². The Kier molecular flexibility index (Phi) is 6.15. The van der Waals surface area contributed by atoms with E-state index in [1.807, 2.05) is 17.0 Å². The number of piperazine rings is 1. The highest BCUT2D eigenvalue weighted by molar-refractivity contribution is 5.76. The van der Waals surface area contributed by atoms with Crippen LogP contribution >= 0.6 is 0 Å². The molecule has 2 saturated heterocycles. The first-order valence-electron chi connectivity index (χ1n) is 9.17. The third-order valence-corrected chi connectivity index (χ3v) is 5.25. The first-order chi connectivity index (χ1) is 12.2. The van der Waals surface area contributed by atoms with E-state index in [2.05, 4.69) is 16.3 Å². The van der Waals surface area contributed by atoms with Gasteiger partial charge in [0.1, 0.15) is 11.5 Å². The predicted octanol–water partition coefficient (Wildman–Crippen LogP) is 1.66. The molecule has 6 heteroatoms. The summed E-state index contributed by atoms with van der Waals surface area (Å²) in [5, 5.41) is 3.29. The molecule has 0 bridgehead atoms. The van der Waals surface area contributed by atoms with E-state index in [-0.39, 0.29) is 5.91 Å². The monoisotopic (exact) mass is 347 g/mol. The summed E-state index contributed by atoms with van der Waals surface area (Å²) in [6.07, 6.45) is 2.85. The Balaban J connectivity index is 1.63. The Labute approximate surface area is 150 Å². The highest BCUT2D eigenvalue weighted by Crippen LogP contribution is 2.38. The zero-order valence-corrected chi connectivity index (χ0v) is 15.3. The lowest BCUT2D eigenvalue weighted by Gasteiger charge is -2.30. The van der Waals surface area contributed by atoms with Crippen molar-refractivity contribution in [3.8, 4) is 11.5 Å². The topological polar surface area (TPSA) is 54.0 Å². The average Bonchev–Trinajstić information content (AvgIpc) is 3.14. The summed E-state index contributed by atoms with van der Waals surface area (Å²) in [6.45, 7) is 5.31. The number of ether oxygens (including phenoxy) is 2. The summed E-state index contributed by atoms with van der Waals surface area (Å²) in [7, 11) is 3.36. The Morgan fingerprint density at radius 2 is 2.00 bits per heavy atom. The maximum atomic E-state index is 12.4. The number of carbonyl (C=O) groups is 1. The molecule has 2 fully saturated rings. The third-order valence-electron chi connectivity index (χ3n) is 5.25. The van der Waals surface area contributed by atoms with Crippen LogP contribution in [0.4, 0.5) is 0 Å². The molecule has 0 saturated carbocycles. The Morgan fingerprint density at radius 3 is 2.72 bits per heavy atom. The fraction of sp³-hybridized carbons (Fsp3) is 0.632. The van der Waals surface area contributed by atoms with Crippen molar-refractivity contribution in [1.82, 2.24) is 15.1 Å². The van der Waals surface area contributed by atoms with Gasteiger partial charge in [0.25, 0.3) is 0 Å². The van der Waals surface area contributed by atoms with Crippen molar-refractivity contribution in [2.75, 3.05) is 53.5 Å². The molecule has 1 unspecified atom stereocenters. The summed E-state index contributed by atoms with van der Waals surface area (Å²) in [4.78, 5) is 16.8. The van der Waals surface area contributed by atoms with E-state index in [9.17, 15) is 4.79 Å². The molecular weight excluding hydrogens is 318 g/mol. The highest BCUT2D eigenvalue weighted by atomic mass is 16.5. The van der Waals surface area contributed by atoms with Crippen LogP contribution in [0.5, 0.6) is 11.5 Å². The van der Waals surface area contributed by atoms with E-state index in [1.165, 1.54) is 5.56 Å². The van der Waals surface area contributed by atoms with Gasteiger partial charge in [-0.1, -0.05) is 6.07 Å². The lowest BCUT2D eigenvalue weighted by Crippen LogP contribution is -2.47. The van der Waals surface area contributed by atoms with Crippen molar-refractivity contribution < 1.29 is 14.3 Å². The van der Waals surface area contributed by atoms with Crippen LogP contribution in [0.1, 0.15) is 30.9 Å². The number of likely N-dealkylation sites (tertiary alicyclic amines) is 1. The van der Waals surface area contributed by atoms with Crippen LogP contribution in [0.25, 0.3) is 0 Å². The smallest absolute Gasteiger partial charge is 0.223 e. The van der Waals surface area contributed by atoms with Crippen LogP contribution in [-0.2, 0) is 4.79 Å². The molecule has 1 atom stereocenters. The highest BCUT2D eigenvalue weighted by Gasteiger charge is 2.29. The summed E-state index contributed by atoms with van der Waals surface area (Å²) in [5.41, 5.74) is 1.19. The fourth-order valence-corrected chi connectivity index (χ4v) is 3.85. The number of amides is 1. The van der Waals surface area contributed by atoms with Gasteiger partial charge in [0, 0.05) is 56.8 Å². The molecule has 1 amide bonds. The van der Waals surface area contributed by atoms with E-state index in [1.54, 1.807) is 14.2 Å². The maximum absolute atomic E-state index is 12.4. The molecule has 2 aliphatic heterocycles. The van der Waals surface area contributed by atoms with Gasteiger partial charge in [0.15, 0.2) is 0 Å². The molecule has 1 aromatic carbocycles. The van der Waals surface area contributed by atoms with Crippen LogP contribution in [0.2, 0.25) is 0 Å². The minimum atomic E-state index is 0.272. The Hall–Kier alpha value is -1.79. The molecule has 25 heavy (non-hydrogen) atoms. The van der Waals surface area contributed by atoms with Crippen LogP contribution in [0.3, 0.4) is 0 Å². The van der Waals surface area contributed by atoms with Gasteiger partial charge in [0.2, 0.25) is 5.91 Å². The van der Waals surface area contributed by atoms with Gasteiger partial charge in [0.05, 0.1) is 14.2 Å². The predicted molar refractivity (Wildman–Crippen MR) is 97.2 cm³/mol. The SMILES string of the molecule is COc1ccc(C2CCCN2CCC(=O)N2CCNCC2)c(OC)c1. The van der Waals surface area contributed by atoms with Crippen molar-refractivity contribution in [3.05, 3.63) is 23.8 Å². The largest absolute Gasteiger partial charge is 0.497 e. The number of carbonyl (C=O) groups excluding carboxylic acids is 1. The van der Waals surface area contributed by atoms with Gasteiger partial charge in [-0.15, -0.1) is 0 Å². The van der Waals surface area contributed by atoms with Gasteiger partial charge in [-0.2, -0.15) is 0 Å². The summed E-state index contributed by atoms with van der Waals surface area (Å²) < 4.78 is 10.9. The number of rotatable bonds is 6. The molecule has 0 aliphatic carbocycles. The normalized spacial score (nSPS) is 21.4. The minimum absolute atomic E-state index is 0.272. The fourth-order valence-electron chi connectivity index (χ4n) is 3.85. The zero-order chi connectivity index (χ0) is 17.6. The first kappa shape index (κ1) is 18.0. The average molecular weight is 347 g/mol. The van der Waals surface area contributed by atoms with Crippen LogP contribution < -0.4 is 14.8 Å². The third kappa shape index (κ3) is 4.25. The van der Waals surface area contributed by atoms with Crippen molar-refractivity contribution in [2.24, 2.45) is 0 Å². The minimum Gasteiger partial charge on any atom is -0.497 e. The maximum Gasteiger partial charge on any atom is 0.223 e. The van der Waals surface area contributed by atoms with Crippen LogP contribution in [0.15, 0.2) is 18.2 Å². The van der Waals surface area contributed by atoms with E-state index >= 15 is 0 Å². The lowest BCUT2D eigenvalue weighted by molar-refractivity contribution is -0.132. The zero-order valence-electron chi connectivity index (χ0n) is 15.3. The molecule has 2 aliphatic rings. The number of nitrogens with zero attached hydrogens (tertiary/aromatic N) is 2. The standard InChI is InChI=1S/C19H29N3O3/c1-24-15-5-6-16(18(14-15)25-2)17-4-3-10-21(17)11-7-19(23)22-12-8-20-9-13-22/h5-6,14,17,20H,3-4,7-13H2,1-2H3. The molecule has 1 aromatic rings. The van der Waals surface area contributed by atoms with E-state index in [0.717, 1.165) is 63.6 Å². The van der Waals surface area contributed by atoms with Crippen LogP contribution in [0, 0.1) is 0 Å². The van der Waals surface area contributed by atoms with Crippen LogP contribution in [-0.4, -0.2) is 69.2 Å². The molecule has 3 rings (SSSR count). The number of hydrogen-bond acceptors (Lipinski definition) is 5. The summed E-state index contributed by atoms with van der Waals surface area (Å²) in [6, 6.07) is 6.34. The van der Waals surface area contributed by atoms with E-state index < -0.39 is 0 Å². The second-order valence-electron chi connectivity index (χ2n) is 6.68. The van der Waals surface area contributed by atoms with Gasteiger partial charge in [-0.05, 0) is 25.5 Å². The van der Waals surface area contributed by atoms with Crippen molar-refractivity contribution >= 4 is 5.91 Å². The molecule has 2 heterocycles. The van der Waals surface area contributed by atoms with Crippen molar-refractivity contribution in [2.45, 2.75) is 25.3 Å². The molecule has 0 radical (unpaired) electrons. The summed E-state index contributed by atoms with van der Waals surface area (Å²) >= 11 is 0. The number of methoxy groups -OCH3 is 2. The number of hydrogen-bond donors (Lipinski definition) is 1. The summed E-state index contributed by atoms with van der Waals surface area (Å²) in [5.74, 6) is 1.94. The second-order valence-corrected chi connectivity index (χ2v) is 6.68. The van der Waals surface area contributed by atoms with Gasteiger partial charge in [-0.3, -0.25) is 9.69 Å². The first-order valence-corrected chi connectivity index (χ1v) is 9.17. The second kappa shape index (κ2) is 8.54. The lowest BCUT2D eigenvalue weighted by atomic mass is 10.0. The quantitative estimate of drug-likeness (QED) is 0.848. The van der Waals surface area contributed by atoms with Gasteiger partial charge >= 0.3 is 0 Å². The van der Waals surface area contributed by atoms with E-state index in [4.69, 9.17) is 9.47 Å². The Morgan fingerprint density at radius 1 is 1.20 bits per heavy atom. The molecular formula is C19H29N3O3. The Bertz CT molecular complexity index is 587. The van der Waals surface area contributed by atoms with Crippen molar-refractivity contribution in [1.29, 1.82) is 0 Å². The molecule has 0 aromatic heterocycles. The number of nitrogens with one attached hydrogen (secondary N) is 1. The number of benzene rings is 1. The molecule has 0 spiro atoms. The molecule has 1 N–H and O–H groups in total. The van der Waals surface area contributed by atoms with Gasteiger partial charge in [-0.25, -0.2) is 0 Å². The van der Waals surface area contributed by atoms with E-state index in [0.29, 0.717) is 12.5 Å². The van der Waals surface area contributed by atoms with Gasteiger partial charge < -0.3 is 19.7 Å².